The number of carbonyl (C=O) groups excluding carboxylic acids is 2. The van der Waals surface area contributed by atoms with Crippen molar-refractivity contribution in [2.75, 3.05) is 27.0 Å². The SMILES string of the molecule is COc1ccc(C(=O)N2CC(C(=O)NCc3ccc4c(c3)OCO4)C(c3cccc(C(F)(F)F)c3)C2)cc1. The van der Waals surface area contributed by atoms with E-state index in [1.807, 2.05) is 0 Å². The Hall–Kier alpha value is -4.21. The summed E-state index contributed by atoms with van der Waals surface area (Å²) in [6, 6.07) is 16.8. The largest absolute Gasteiger partial charge is 0.497 e. The summed E-state index contributed by atoms with van der Waals surface area (Å²) in [6.45, 7) is 0.491. The number of fused-ring (bicyclic) bond motifs is 1. The Bertz CT molecular complexity index is 1340. The van der Waals surface area contributed by atoms with Crippen LogP contribution in [0.5, 0.6) is 17.2 Å². The van der Waals surface area contributed by atoms with Crippen LogP contribution in [0.1, 0.15) is 33.0 Å². The molecule has 1 fully saturated rings. The molecule has 7 nitrogen and oxygen atoms in total. The van der Waals surface area contributed by atoms with Crippen LogP contribution in [0, 0.1) is 5.92 Å². The van der Waals surface area contributed by atoms with Crippen LogP contribution in [-0.2, 0) is 17.5 Å². The third kappa shape index (κ3) is 5.25. The molecule has 0 spiro atoms. The molecular weight excluding hydrogens is 501 g/mol. The van der Waals surface area contributed by atoms with Gasteiger partial charge in [-0.15, -0.1) is 0 Å². The number of ether oxygens (including phenoxy) is 3. The number of nitrogens with zero attached hydrogens (tertiary/aromatic N) is 1. The molecule has 2 atom stereocenters. The third-order valence-electron chi connectivity index (χ3n) is 6.83. The lowest BCUT2D eigenvalue weighted by Gasteiger charge is -2.19. The number of alkyl halides is 3. The summed E-state index contributed by atoms with van der Waals surface area (Å²) in [5.74, 6) is -0.230. The number of methoxy groups -OCH3 is 1. The Balaban J connectivity index is 1.37. The molecule has 0 bridgehead atoms. The highest BCUT2D eigenvalue weighted by Gasteiger charge is 2.41. The molecule has 0 saturated carbocycles. The zero-order valence-electron chi connectivity index (χ0n) is 20.5. The van der Waals surface area contributed by atoms with Gasteiger partial charge in [-0.25, -0.2) is 0 Å². The van der Waals surface area contributed by atoms with Gasteiger partial charge in [0.25, 0.3) is 5.91 Å². The van der Waals surface area contributed by atoms with Gasteiger partial charge >= 0.3 is 6.18 Å². The van der Waals surface area contributed by atoms with E-state index in [9.17, 15) is 22.8 Å². The Labute approximate surface area is 217 Å². The minimum Gasteiger partial charge on any atom is -0.497 e. The van der Waals surface area contributed by atoms with Crippen molar-refractivity contribution in [3.63, 3.8) is 0 Å². The van der Waals surface area contributed by atoms with Crippen molar-refractivity contribution in [1.29, 1.82) is 0 Å². The smallest absolute Gasteiger partial charge is 0.416 e. The lowest BCUT2D eigenvalue weighted by atomic mass is 9.87. The van der Waals surface area contributed by atoms with Crippen LogP contribution in [0.2, 0.25) is 0 Å². The summed E-state index contributed by atoms with van der Waals surface area (Å²) in [5.41, 5.74) is 0.736. The van der Waals surface area contributed by atoms with E-state index in [2.05, 4.69) is 5.32 Å². The van der Waals surface area contributed by atoms with Gasteiger partial charge in [0, 0.05) is 31.1 Å². The molecule has 2 heterocycles. The molecule has 0 aromatic heterocycles. The van der Waals surface area contributed by atoms with Crippen LogP contribution in [-0.4, -0.2) is 43.7 Å². The predicted molar refractivity (Wildman–Crippen MR) is 131 cm³/mol. The van der Waals surface area contributed by atoms with E-state index in [1.165, 1.54) is 18.1 Å². The van der Waals surface area contributed by atoms with Crippen molar-refractivity contribution in [1.82, 2.24) is 10.2 Å². The first-order chi connectivity index (χ1) is 18.2. The molecule has 2 aliphatic rings. The molecule has 3 aromatic rings. The van der Waals surface area contributed by atoms with Gasteiger partial charge in [-0.05, 0) is 53.6 Å². The molecule has 5 rings (SSSR count). The molecule has 2 unspecified atom stereocenters. The number of carbonyl (C=O) groups is 2. The van der Waals surface area contributed by atoms with Gasteiger partial charge in [0.1, 0.15) is 5.75 Å². The third-order valence-corrected chi connectivity index (χ3v) is 6.83. The van der Waals surface area contributed by atoms with Gasteiger partial charge < -0.3 is 24.4 Å². The normalized spacial score (nSPS) is 18.4. The fraction of sp³-hybridized carbons (Fsp3) is 0.286. The van der Waals surface area contributed by atoms with E-state index in [4.69, 9.17) is 14.2 Å². The van der Waals surface area contributed by atoms with Crippen molar-refractivity contribution in [2.45, 2.75) is 18.6 Å². The Morgan fingerprint density at radius 2 is 1.76 bits per heavy atom. The van der Waals surface area contributed by atoms with Gasteiger partial charge in [-0.2, -0.15) is 13.2 Å². The quantitative estimate of drug-likeness (QED) is 0.508. The van der Waals surface area contributed by atoms with Gasteiger partial charge in [0.15, 0.2) is 11.5 Å². The van der Waals surface area contributed by atoms with Gasteiger partial charge in [0.2, 0.25) is 12.7 Å². The van der Waals surface area contributed by atoms with Gasteiger partial charge in [-0.1, -0.05) is 24.3 Å². The van der Waals surface area contributed by atoms with Crippen molar-refractivity contribution < 1.29 is 37.0 Å². The highest BCUT2D eigenvalue weighted by Crippen LogP contribution is 2.37. The highest BCUT2D eigenvalue weighted by molar-refractivity contribution is 5.95. The standard InChI is InChI=1S/C28H25F3N2O5/c1-36-21-8-6-18(7-9-21)27(35)33-14-22(19-3-2-4-20(12-19)28(29,30)31)23(15-33)26(34)32-13-17-5-10-24-25(11-17)38-16-37-24/h2-12,22-23H,13-16H2,1H3,(H,32,34). The maximum Gasteiger partial charge on any atom is 0.416 e. The van der Waals surface area contributed by atoms with Crippen molar-refractivity contribution in [2.24, 2.45) is 5.92 Å². The summed E-state index contributed by atoms with van der Waals surface area (Å²) in [6.07, 6.45) is -4.52. The summed E-state index contributed by atoms with van der Waals surface area (Å²) >= 11 is 0. The predicted octanol–water partition coefficient (Wildman–Crippen LogP) is 4.61. The van der Waals surface area contributed by atoms with Crippen molar-refractivity contribution in [3.05, 3.63) is 89.0 Å². The molecule has 10 heteroatoms. The number of nitrogens with one attached hydrogen (secondary N) is 1. The van der Waals surface area contributed by atoms with Gasteiger partial charge in [0.05, 0.1) is 18.6 Å². The molecule has 3 aromatic carbocycles. The second-order valence-electron chi connectivity index (χ2n) is 9.18. The Morgan fingerprint density at radius 1 is 1.00 bits per heavy atom. The van der Waals surface area contributed by atoms with Crippen LogP contribution in [0.15, 0.2) is 66.7 Å². The minimum atomic E-state index is -4.52. The van der Waals surface area contributed by atoms with Crippen LogP contribution in [0.3, 0.4) is 0 Å². The minimum absolute atomic E-state index is 0.0682. The van der Waals surface area contributed by atoms with E-state index < -0.39 is 23.6 Å². The molecule has 1 saturated heterocycles. The number of halogens is 3. The summed E-state index contributed by atoms with van der Waals surface area (Å²) in [4.78, 5) is 28.1. The van der Waals surface area contributed by atoms with E-state index >= 15 is 0 Å². The number of benzene rings is 3. The number of amides is 2. The number of likely N-dealkylation sites (tertiary alicyclic amines) is 1. The first-order valence-corrected chi connectivity index (χ1v) is 12.0. The summed E-state index contributed by atoms with van der Waals surface area (Å²) in [5, 5.41) is 2.88. The maximum absolute atomic E-state index is 13.4. The van der Waals surface area contributed by atoms with Gasteiger partial charge in [-0.3, -0.25) is 9.59 Å². The highest BCUT2D eigenvalue weighted by atomic mass is 19.4. The van der Waals surface area contributed by atoms with E-state index in [-0.39, 0.29) is 38.2 Å². The summed E-state index contributed by atoms with van der Waals surface area (Å²) < 4.78 is 56.1. The lowest BCUT2D eigenvalue weighted by Crippen LogP contribution is -2.35. The van der Waals surface area contributed by atoms with Crippen LogP contribution in [0.25, 0.3) is 0 Å². The average Bonchev–Trinajstić information content (AvgIpc) is 3.58. The molecular formula is C28H25F3N2O5. The van der Waals surface area contributed by atoms with Crippen LogP contribution in [0.4, 0.5) is 13.2 Å². The van der Waals surface area contributed by atoms with E-state index in [1.54, 1.807) is 48.5 Å². The Morgan fingerprint density at radius 3 is 2.50 bits per heavy atom. The monoisotopic (exact) mass is 526 g/mol. The van der Waals surface area contributed by atoms with E-state index in [0.717, 1.165) is 17.7 Å². The molecule has 38 heavy (non-hydrogen) atoms. The zero-order valence-corrected chi connectivity index (χ0v) is 20.5. The molecule has 2 aliphatic heterocycles. The number of rotatable bonds is 6. The zero-order chi connectivity index (χ0) is 26.9. The molecule has 0 radical (unpaired) electrons. The average molecular weight is 527 g/mol. The van der Waals surface area contributed by atoms with Crippen LogP contribution >= 0.6 is 0 Å². The topological polar surface area (TPSA) is 77.1 Å². The molecule has 198 valence electrons. The number of hydrogen-bond acceptors (Lipinski definition) is 5. The number of hydrogen-bond donors (Lipinski definition) is 1. The summed E-state index contributed by atoms with van der Waals surface area (Å²) in [7, 11) is 1.52. The first kappa shape index (κ1) is 25.4. The fourth-order valence-electron chi connectivity index (χ4n) is 4.81. The lowest BCUT2D eigenvalue weighted by molar-refractivity contribution is -0.137. The molecule has 2 amide bonds. The molecule has 1 N–H and O–H groups in total. The molecule has 0 aliphatic carbocycles. The maximum atomic E-state index is 13.4. The fourth-order valence-corrected chi connectivity index (χ4v) is 4.81. The van der Waals surface area contributed by atoms with Crippen molar-refractivity contribution in [3.8, 4) is 17.2 Å². The Kier molecular flexibility index (Phi) is 6.88. The van der Waals surface area contributed by atoms with Crippen LogP contribution < -0.4 is 19.5 Å². The first-order valence-electron chi connectivity index (χ1n) is 12.0. The second-order valence-corrected chi connectivity index (χ2v) is 9.18. The van der Waals surface area contributed by atoms with E-state index in [0.29, 0.717) is 28.4 Å². The second kappa shape index (κ2) is 10.3. The van der Waals surface area contributed by atoms with Crippen molar-refractivity contribution >= 4 is 11.8 Å².